The van der Waals surface area contributed by atoms with Crippen molar-refractivity contribution in [1.82, 2.24) is 25.3 Å². The molecule has 24 heavy (non-hydrogen) atoms. The van der Waals surface area contributed by atoms with Crippen LogP contribution in [0.4, 0.5) is 0 Å². The normalized spacial score (nSPS) is 19.6. The van der Waals surface area contributed by atoms with Crippen LogP contribution in [0.2, 0.25) is 0 Å². The van der Waals surface area contributed by atoms with Crippen molar-refractivity contribution in [1.29, 1.82) is 0 Å². The minimum absolute atomic E-state index is 0.0851. The molecular weight excluding hydrogens is 302 g/mol. The molecule has 1 aromatic heterocycles. The van der Waals surface area contributed by atoms with Gasteiger partial charge in [-0.3, -0.25) is 9.69 Å². The van der Waals surface area contributed by atoms with E-state index in [0.29, 0.717) is 5.56 Å². The van der Waals surface area contributed by atoms with E-state index in [4.69, 9.17) is 0 Å². The maximum absolute atomic E-state index is 12.4. The zero-order valence-corrected chi connectivity index (χ0v) is 13.9. The smallest absolute Gasteiger partial charge is 0.253 e. The predicted octanol–water partition coefficient (Wildman–Crippen LogP) is 1.02. The van der Waals surface area contributed by atoms with Gasteiger partial charge in [0, 0.05) is 32.7 Å². The first-order valence-electron chi connectivity index (χ1n) is 8.23. The van der Waals surface area contributed by atoms with Gasteiger partial charge >= 0.3 is 0 Å². The third-order valence-electron chi connectivity index (χ3n) is 4.24. The number of carbonyl (C=O) groups excluding carboxylic acids is 1. The van der Waals surface area contributed by atoms with Gasteiger partial charge in [-0.25, -0.2) is 0 Å². The first-order valence-corrected chi connectivity index (χ1v) is 8.23. The van der Waals surface area contributed by atoms with E-state index in [0.717, 1.165) is 32.7 Å². The number of aromatic nitrogens is 2. The summed E-state index contributed by atoms with van der Waals surface area (Å²) in [5.41, 5.74) is 1.84. The Kier molecular flexibility index (Phi) is 5.51. The summed E-state index contributed by atoms with van der Waals surface area (Å²) in [6.07, 6.45) is 3.04. The van der Waals surface area contributed by atoms with Crippen molar-refractivity contribution >= 4 is 5.91 Å². The number of rotatable bonds is 4. The van der Waals surface area contributed by atoms with E-state index < -0.39 is 0 Å². The standard InChI is InChI=1S/C18H23N5O/c1-22-9-10-23(12-15-5-3-2-4-6-15)14-17(13-22)21-18(24)16-7-8-19-20-11-16/h2-8,11,17H,9-10,12-14H2,1H3,(H,21,24). The molecule has 1 aliphatic rings. The summed E-state index contributed by atoms with van der Waals surface area (Å²) in [7, 11) is 2.10. The Morgan fingerprint density at radius 2 is 2.00 bits per heavy atom. The maximum Gasteiger partial charge on any atom is 0.253 e. The van der Waals surface area contributed by atoms with Gasteiger partial charge in [-0.2, -0.15) is 10.2 Å². The van der Waals surface area contributed by atoms with E-state index >= 15 is 0 Å². The molecule has 1 unspecified atom stereocenters. The molecule has 3 rings (SSSR count). The molecule has 6 heteroatoms. The third kappa shape index (κ3) is 4.59. The van der Waals surface area contributed by atoms with Crippen molar-refractivity contribution in [2.24, 2.45) is 0 Å². The molecule has 6 nitrogen and oxygen atoms in total. The lowest BCUT2D eigenvalue weighted by Crippen LogP contribution is -2.46. The molecule has 1 N–H and O–H groups in total. The fourth-order valence-electron chi connectivity index (χ4n) is 3.01. The SMILES string of the molecule is CN1CCN(Cc2ccccc2)CC(NC(=O)c2ccnnc2)C1. The first-order chi connectivity index (χ1) is 11.7. The van der Waals surface area contributed by atoms with Crippen LogP contribution in [0.1, 0.15) is 15.9 Å². The van der Waals surface area contributed by atoms with E-state index in [9.17, 15) is 4.79 Å². The number of nitrogens with one attached hydrogen (secondary N) is 1. The van der Waals surface area contributed by atoms with Crippen molar-refractivity contribution in [3.05, 3.63) is 59.9 Å². The number of hydrogen-bond acceptors (Lipinski definition) is 5. The van der Waals surface area contributed by atoms with Crippen molar-refractivity contribution in [3.8, 4) is 0 Å². The highest BCUT2D eigenvalue weighted by molar-refractivity contribution is 5.93. The molecule has 1 fully saturated rings. The van der Waals surface area contributed by atoms with Gasteiger partial charge in [0.05, 0.1) is 24.0 Å². The van der Waals surface area contributed by atoms with Gasteiger partial charge in [0.1, 0.15) is 0 Å². The van der Waals surface area contributed by atoms with Crippen LogP contribution in [0.25, 0.3) is 0 Å². The van der Waals surface area contributed by atoms with Crippen molar-refractivity contribution in [3.63, 3.8) is 0 Å². The summed E-state index contributed by atoms with van der Waals surface area (Å²) >= 11 is 0. The van der Waals surface area contributed by atoms with Gasteiger partial charge in [-0.15, -0.1) is 0 Å². The van der Waals surface area contributed by atoms with Crippen molar-refractivity contribution < 1.29 is 4.79 Å². The van der Waals surface area contributed by atoms with E-state index in [2.05, 4.69) is 56.6 Å². The highest BCUT2D eigenvalue weighted by atomic mass is 16.1. The molecule has 0 radical (unpaired) electrons. The quantitative estimate of drug-likeness (QED) is 0.909. The highest BCUT2D eigenvalue weighted by Crippen LogP contribution is 2.09. The van der Waals surface area contributed by atoms with Crippen LogP contribution in [0.3, 0.4) is 0 Å². The second kappa shape index (κ2) is 7.99. The Labute approximate surface area is 142 Å². The fourth-order valence-corrected chi connectivity index (χ4v) is 3.01. The van der Waals surface area contributed by atoms with Gasteiger partial charge in [0.15, 0.2) is 0 Å². The fraction of sp³-hybridized carbons (Fsp3) is 0.389. The molecular formula is C18H23N5O. The molecule has 0 aliphatic carbocycles. The summed E-state index contributed by atoms with van der Waals surface area (Å²) < 4.78 is 0. The predicted molar refractivity (Wildman–Crippen MR) is 92.5 cm³/mol. The van der Waals surface area contributed by atoms with E-state index in [1.54, 1.807) is 6.07 Å². The highest BCUT2D eigenvalue weighted by Gasteiger charge is 2.23. The lowest BCUT2D eigenvalue weighted by molar-refractivity contribution is 0.0923. The van der Waals surface area contributed by atoms with Gasteiger partial charge in [0.25, 0.3) is 5.91 Å². The van der Waals surface area contributed by atoms with Crippen LogP contribution in [0.5, 0.6) is 0 Å². The Morgan fingerprint density at radius 3 is 2.75 bits per heavy atom. The zero-order valence-electron chi connectivity index (χ0n) is 13.9. The lowest BCUT2D eigenvalue weighted by atomic mass is 10.2. The zero-order chi connectivity index (χ0) is 16.8. The topological polar surface area (TPSA) is 61.4 Å². The minimum atomic E-state index is -0.0927. The second-order valence-corrected chi connectivity index (χ2v) is 6.28. The van der Waals surface area contributed by atoms with Crippen LogP contribution in [0.15, 0.2) is 48.8 Å². The summed E-state index contributed by atoms with van der Waals surface area (Å²) in [4.78, 5) is 17.0. The van der Waals surface area contributed by atoms with E-state index in [1.807, 2.05) is 6.07 Å². The molecule has 0 spiro atoms. The average Bonchev–Trinajstić information content (AvgIpc) is 2.77. The lowest BCUT2D eigenvalue weighted by Gasteiger charge is -2.24. The molecule has 1 aliphatic heterocycles. The number of hydrogen-bond donors (Lipinski definition) is 1. The molecule has 1 aromatic carbocycles. The second-order valence-electron chi connectivity index (χ2n) is 6.28. The minimum Gasteiger partial charge on any atom is -0.347 e. The molecule has 1 amide bonds. The van der Waals surface area contributed by atoms with Crippen LogP contribution in [0, 0.1) is 0 Å². The number of likely N-dealkylation sites (N-methyl/N-ethyl adjacent to an activating group) is 1. The molecule has 2 aromatic rings. The molecule has 126 valence electrons. The molecule has 0 saturated carbocycles. The molecule has 1 atom stereocenters. The molecule has 2 heterocycles. The van der Waals surface area contributed by atoms with E-state index in [1.165, 1.54) is 18.0 Å². The number of amides is 1. The van der Waals surface area contributed by atoms with Crippen molar-refractivity contribution in [2.75, 3.05) is 33.2 Å². The Hall–Kier alpha value is -2.31. The van der Waals surface area contributed by atoms with Gasteiger partial charge in [-0.1, -0.05) is 30.3 Å². The molecule has 0 bridgehead atoms. The Bertz CT molecular complexity index is 649. The van der Waals surface area contributed by atoms with Crippen LogP contribution in [-0.2, 0) is 6.54 Å². The number of benzene rings is 1. The average molecular weight is 325 g/mol. The molecule has 1 saturated heterocycles. The number of nitrogens with zero attached hydrogens (tertiary/aromatic N) is 4. The first kappa shape index (κ1) is 16.5. The van der Waals surface area contributed by atoms with Crippen molar-refractivity contribution in [2.45, 2.75) is 12.6 Å². The van der Waals surface area contributed by atoms with Crippen LogP contribution in [-0.4, -0.2) is 65.2 Å². The number of carbonyl (C=O) groups is 1. The third-order valence-corrected chi connectivity index (χ3v) is 4.24. The summed E-state index contributed by atoms with van der Waals surface area (Å²) in [5.74, 6) is -0.0927. The monoisotopic (exact) mass is 325 g/mol. The van der Waals surface area contributed by atoms with Gasteiger partial charge < -0.3 is 10.2 Å². The van der Waals surface area contributed by atoms with Gasteiger partial charge in [-0.05, 0) is 18.7 Å². The summed E-state index contributed by atoms with van der Waals surface area (Å²) in [6, 6.07) is 12.2. The largest absolute Gasteiger partial charge is 0.347 e. The van der Waals surface area contributed by atoms with Crippen LogP contribution >= 0.6 is 0 Å². The summed E-state index contributed by atoms with van der Waals surface area (Å²) in [6.45, 7) is 4.57. The summed E-state index contributed by atoms with van der Waals surface area (Å²) in [5, 5.41) is 10.6. The van der Waals surface area contributed by atoms with E-state index in [-0.39, 0.29) is 11.9 Å². The maximum atomic E-state index is 12.4. The van der Waals surface area contributed by atoms with Crippen LogP contribution < -0.4 is 5.32 Å². The Balaban J connectivity index is 1.64. The van der Waals surface area contributed by atoms with Gasteiger partial charge in [0.2, 0.25) is 0 Å². The Morgan fingerprint density at radius 1 is 1.17 bits per heavy atom.